The number of nitrogens with two attached hydrogens (primary N) is 1. The van der Waals surface area contributed by atoms with Gasteiger partial charge in [0.25, 0.3) is 0 Å². The molecule has 0 aliphatic rings. The van der Waals surface area contributed by atoms with Crippen LogP contribution in [-0.2, 0) is 43.4 Å². The maximum absolute atomic E-state index is 13.7. The first-order valence-corrected chi connectivity index (χ1v) is 12.7. The van der Waals surface area contributed by atoms with Crippen molar-refractivity contribution in [1.29, 1.82) is 0 Å². The number of carbonyl (C=O) groups is 2. The Morgan fingerprint density at radius 2 is 1.34 bits per heavy atom. The predicted molar refractivity (Wildman–Crippen MR) is 138 cm³/mol. The minimum absolute atomic E-state index is 0.0316. The van der Waals surface area contributed by atoms with E-state index in [4.69, 9.17) is 15.2 Å². The van der Waals surface area contributed by atoms with E-state index in [2.05, 4.69) is 0 Å². The maximum atomic E-state index is 13.7. The summed E-state index contributed by atoms with van der Waals surface area (Å²) in [6.07, 6.45) is -11.6. The van der Waals surface area contributed by atoms with Gasteiger partial charge in [-0.25, -0.2) is 0 Å². The predicted octanol–water partition coefficient (Wildman–Crippen LogP) is 6.79. The highest BCUT2D eigenvalue weighted by molar-refractivity contribution is 5.86. The average Bonchev–Trinajstić information content (AvgIpc) is 2.95. The van der Waals surface area contributed by atoms with Gasteiger partial charge in [0.15, 0.2) is 0 Å². The first-order valence-electron chi connectivity index (χ1n) is 12.7. The normalized spacial score (nSPS) is 14.2. The summed E-state index contributed by atoms with van der Waals surface area (Å²) in [6, 6.07) is 18.1. The van der Waals surface area contributed by atoms with Crippen LogP contribution in [0.15, 0.2) is 78.9 Å². The zero-order valence-corrected chi connectivity index (χ0v) is 22.1. The number of ether oxygens (including phenoxy) is 2. The van der Waals surface area contributed by atoms with Crippen molar-refractivity contribution in [3.63, 3.8) is 0 Å². The molecule has 220 valence electrons. The van der Waals surface area contributed by atoms with Gasteiger partial charge < -0.3 is 15.2 Å². The molecule has 3 rings (SSSR count). The number of ketones is 1. The summed E-state index contributed by atoms with van der Waals surface area (Å²) in [5.41, 5.74) is 1.57. The van der Waals surface area contributed by atoms with Crippen molar-refractivity contribution in [2.45, 2.75) is 50.2 Å². The van der Waals surface area contributed by atoms with Gasteiger partial charge in [-0.2, -0.15) is 26.3 Å². The fraction of sp³-hybridized carbons (Fsp3) is 0.333. The lowest BCUT2D eigenvalue weighted by atomic mass is 9.76. The number of hydrogen-bond acceptors (Lipinski definition) is 5. The first kappa shape index (κ1) is 31.8. The number of halogens is 6. The standard InChI is InChI=1S/C30H29F6NO4/c1-20(22-14-24(29(31,32)33)16-25(15-22)30(34,35)36)41-19-28(13-12-26(38)17-37,23-10-6-3-7-11-23)27(39)40-18-21-8-4-2-5-9-21/h2-11,14-16,20H,12-13,17-19,37H2,1H3/t20-,28+/m1/s1. The number of benzene rings is 3. The van der Waals surface area contributed by atoms with E-state index in [1.807, 2.05) is 0 Å². The maximum Gasteiger partial charge on any atom is 0.416 e. The average molecular weight is 582 g/mol. The number of esters is 1. The molecule has 0 saturated carbocycles. The van der Waals surface area contributed by atoms with Crippen molar-refractivity contribution in [2.75, 3.05) is 13.2 Å². The molecule has 0 spiro atoms. The van der Waals surface area contributed by atoms with E-state index in [1.54, 1.807) is 60.7 Å². The van der Waals surface area contributed by atoms with Gasteiger partial charge in [0.05, 0.1) is 30.4 Å². The summed E-state index contributed by atoms with van der Waals surface area (Å²) in [5.74, 6) is -1.13. The second-order valence-electron chi connectivity index (χ2n) is 9.55. The molecule has 3 aromatic carbocycles. The zero-order valence-electron chi connectivity index (χ0n) is 22.1. The van der Waals surface area contributed by atoms with E-state index < -0.39 is 47.6 Å². The van der Waals surface area contributed by atoms with E-state index in [0.29, 0.717) is 23.3 Å². The Kier molecular flexibility index (Phi) is 10.3. The second-order valence-corrected chi connectivity index (χ2v) is 9.55. The summed E-state index contributed by atoms with van der Waals surface area (Å²) in [5, 5.41) is 0. The van der Waals surface area contributed by atoms with Crippen molar-refractivity contribution >= 4 is 11.8 Å². The van der Waals surface area contributed by atoms with Crippen molar-refractivity contribution < 1.29 is 45.4 Å². The van der Waals surface area contributed by atoms with E-state index in [0.717, 1.165) is 0 Å². The third-order valence-corrected chi connectivity index (χ3v) is 6.65. The number of carbonyl (C=O) groups excluding carboxylic acids is 2. The fourth-order valence-electron chi connectivity index (χ4n) is 4.23. The smallest absolute Gasteiger partial charge is 0.416 e. The molecule has 0 amide bonds. The molecule has 0 saturated heterocycles. The quantitative estimate of drug-likeness (QED) is 0.188. The summed E-state index contributed by atoms with van der Waals surface area (Å²) < 4.78 is 92.0. The Morgan fingerprint density at radius 1 is 0.805 bits per heavy atom. The highest BCUT2D eigenvalue weighted by Gasteiger charge is 2.43. The lowest BCUT2D eigenvalue weighted by Crippen LogP contribution is -2.43. The van der Waals surface area contributed by atoms with Crippen LogP contribution in [0.25, 0.3) is 0 Å². The number of Topliss-reactive ketones (excluding diaryl/α,β-unsaturated/α-hetero) is 1. The topological polar surface area (TPSA) is 78.6 Å². The summed E-state index contributed by atoms with van der Waals surface area (Å²) in [7, 11) is 0. The van der Waals surface area contributed by atoms with Crippen molar-refractivity contribution in [3.05, 3.63) is 107 Å². The first-order chi connectivity index (χ1) is 19.3. The van der Waals surface area contributed by atoms with Crippen LogP contribution in [0.3, 0.4) is 0 Å². The summed E-state index contributed by atoms with van der Waals surface area (Å²) in [6.45, 7) is 0.385. The van der Waals surface area contributed by atoms with E-state index in [1.165, 1.54) is 6.92 Å². The Hall–Kier alpha value is -3.70. The molecule has 11 heteroatoms. The highest BCUT2D eigenvalue weighted by atomic mass is 19.4. The number of hydrogen-bond donors (Lipinski definition) is 1. The molecule has 0 fully saturated rings. The van der Waals surface area contributed by atoms with Gasteiger partial charge in [-0.15, -0.1) is 0 Å². The lowest BCUT2D eigenvalue weighted by Gasteiger charge is -2.33. The Balaban J connectivity index is 1.99. The molecule has 0 bridgehead atoms. The van der Waals surface area contributed by atoms with Crippen LogP contribution in [0, 0.1) is 0 Å². The van der Waals surface area contributed by atoms with Gasteiger partial charge in [-0.1, -0.05) is 60.7 Å². The molecule has 0 unspecified atom stereocenters. The summed E-state index contributed by atoms with van der Waals surface area (Å²) in [4.78, 5) is 25.9. The molecule has 3 aromatic rings. The molecule has 0 aliphatic carbocycles. The molecule has 0 aliphatic heterocycles. The van der Waals surface area contributed by atoms with Gasteiger partial charge >= 0.3 is 18.3 Å². The molecule has 41 heavy (non-hydrogen) atoms. The van der Waals surface area contributed by atoms with Crippen LogP contribution in [0.1, 0.15) is 53.7 Å². The third-order valence-electron chi connectivity index (χ3n) is 6.65. The monoisotopic (exact) mass is 581 g/mol. The Bertz CT molecular complexity index is 1280. The van der Waals surface area contributed by atoms with Gasteiger partial charge in [-0.05, 0) is 48.2 Å². The second kappa shape index (κ2) is 13.3. The van der Waals surface area contributed by atoms with Gasteiger partial charge in [0, 0.05) is 6.42 Å². The lowest BCUT2D eigenvalue weighted by molar-refractivity contribution is -0.156. The largest absolute Gasteiger partial charge is 0.460 e. The van der Waals surface area contributed by atoms with Gasteiger partial charge in [0.2, 0.25) is 0 Å². The molecule has 0 radical (unpaired) electrons. The van der Waals surface area contributed by atoms with Crippen molar-refractivity contribution in [3.8, 4) is 0 Å². The zero-order chi connectivity index (χ0) is 30.3. The third kappa shape index (κ3) is 8.40. The van der Waals surface area contributed by atoms with E-state index >= 15 is 0 Å². The molecule has 5 nitrogen and oxygen atoms in total. The highest BCUT2D eigenvalue weighted by Crippen LogP contribution is 2.39. The van der Waals surface area contributed by atoms with Crippen LogP contribution in [-0.4, -0.2) is 24.9 Å². The number of rotatable bonds is 12. The van der Waals surface area contributed by atoms with Crippen molar-refractivity contribution in [2.24, 2.45) is 5.73 Å². The van der Waals surface area contributed by atoms with Crippen LogP contribution in [0.5, 0.6) is 0 Å². The fourth-order valence-corrected chi connectivity index (χ4v) is 4.23. The van der Waals surface area contributed by atoms with Crippen LogP contribution >= 0.6 is 0 Å². The molecule has 2 atom stereocenters. The minimum atomic E-state index is -5.03. The molecular formula is C30H29F6NO4. The molecule has 2 N–H and O–H groups in total. The van der Waals surface area contributed by atoms with E-state index in [9.17, 15) is 35.9 Å². The molecule has 0 heterocycles. The molecule has 0 aromatic heterocycles. The van der Waals surface area contributed by atoms with Crippen LogP contribution in [0.4, 0.5) is 26.3 Å². The van der Waals surface area contributed by atoms with Crippen molar-refractivity contribution in [1.82, 2.24) is 0 Å². The van der Waals surface area contributed by atoms with Crippen LogP contribution in [0.2, 0.25) is 0 Å². The number of alkyl halides is 6. The Labute approximate surface area is 233 Å². The summed E-state index contributed by atoms with van der Waals surface area (Å²) >= 11 is 0. The molecular weight excluding hydrogens is 552 g/mol. The SMILES string of the molecule is C[C@@H](OC[C@](CCC(=O)CN)(C(=O)OCc1ccccc1)c1ccccc1)c1cc(C(F)(F)F)cc(C(F)(F)F)c1. The van der Waals surface area contributed by atoms with Crippen LogP contribution < -0.4 is 5.73 Å². The van der Waals surface area contributed by atoms with Gasteiger partial charge in [-0.3, -0.25) is 9.59 Å². The Morgan fingerprint density at radius 3 is 1.85 bits per heavy atom. The van der Waals surface area contributed by atoms with Gasteiger partial charge in [0.1, 0.15) is 17.8 Å². The van der Waals surface area contributed by atoms with E-state index in [-0.39, 0.29) is 43.4 Å². The minimum Gasteiger partial charge on any atom is -0.460 e.